The number of anilines is 1. The Bertz CT molecular complexity index is 1200. The number of carbonyl (C=O) groups excluding carboxylic acids is 2. The molecule has 0 fully saturated rings. The third kappa shape index (κ3) is 4.84. The first kappa shape index (κ1) is 23.5. The molecule has 0 radical (unpaired) electrons. The average molecular weight is 531 g/mol. The molecule has 2 N–H and O–H groups in total. The van der Waals surface area contributed by atoms with Crippen LogP contribution in [0.5, 0.6) is 5.75 Å². The Morgan fingerprint density at radius 3 is 2.73 bits per heavy atom. The van der Waals surface area contributed by atoms with Gasteiger partial charge in [0, 0.05) is 18.7 Å². The summed E-state index contributed by atoms with van der Waals surface area (Å²) in [5.41, 5.74) is 4.25. The highest BCUT2D eigenvalue weighted by molar-refractivity contribution is 9.09. The van der Waals surface area contributed by atoms with E-state index in [1.54, 1.807) is 18.4 Å². The Morgan fingerprint density at radius 1 is 1.30 bits per heavy atom. The molecule has 0 aliphatic carbocycles. The summed E-state index contributed by atoms with van der Waals surface area (Å²) >= 11 is 4.78. The SMILES string of the molecule is COc1cc2c(cc1NC(=O)CBr)-c1c(-c3cccs3)nc(C(=O)NCC(C)(C)C)n1CC2. The first-order chi connectivity index (χ1) is 15.7. The van der Waals surface area contributed by atoms with Gasteiger partial charge in [-0.3, -0.25) is 9.59 Å². The minimum Gasteiger partial charge on any atom is -0.495 e. The number of methoxy groups -OCH3 is 1. The lowest BCUT2D eigenvalue weighted by Gasteiger charge is -2.24. The van der Waals surface area contributed by atoms with Crippen molar-refractivity contribution in [1.82, 2.24) is 14.9 Å². The smallest absolute Gasteiger partial charge is 0.287 e. The number of ether oxygens (including phenoxy) is 1. The van der Waals surface area contributed by atoms with Gasteiger partial charge in [0.05, 0.1) is 28.7 Å². The Kier molecular flexibility index (Phi) is 6.63. The fraction of sp³-hybridized carbons (Fsp3) is 0.375. The predicted octanol–water partition coefficient (Wildman–Crippen LogP) is 4.95. The standard InChI is InChI=1S/C24H27BrN4O3S/c1-24(2,3)13-26-23(31)22-28-20(18-6-5-9-33-18)21-15-11-16(27-19(30)12-25)17(32-4)10-14(15)7-8-29(21)22/h5-6,9-11H,7-8,12-13H2,1-4H3,(H,26,31)(H,27,30). The minimum absolute atomic E-state index is 0.0325. The van der Waals surface area contributed by atoms with Crippen molar-refractivity contribution in [3.8, 4) is 27.6 Å². The molecule has 0 saturated heterocycles. The number of carbonyl (C=O) groups is 2. The van der Waals surface area contributed by atoms with E-state index in [0.717, 1.165) is 33.8 Å². The summed E-state index contributed by atoms with van der Waals surface area (Å²) in [6.07, 6.45) is 0.727. The maximum atomic E-state index is 13.1. The number of thiophene rings is 1. The minimum atomic E-state index is -0.182. The molecule has 1 aliphatic heterocycles. The second-order valence-corrected chi connectivity index (χ2v) is 10.7. The fourth-order valence-corrected chi connectivity index (χ4v) is 4.71. The molecule has 1 aliphatic rings. The van der Waals surface area contributed by atoms with Gasteiger partial charge < -0.3 is 19.9 Å². The molecule has 3 aromatic rings. The lowest BCUT2D eigenvalue weighted by atomic mass is 9.95. The molecule has 0 atom stereocenters. The number of amides is 2. The zero-order valence-electron chi connectivity index (χ0n) is 19.1. The van der Waals surface area contributed by atoms with Crippen LogP contribution in [-0.2, 0) is 17.8 Å². The number of nitrogens with zero attached hydrogens (tertiary/aromatic N) is 2. The second kappa shape index (κ2) is 9.30. The van der Waals surface area contributed by atoms with Gasteiger partial charge in [0.15, 0.2) is 5.82 Å². The summed E-state index contributed by atoms with van der Waals surface area (Å²) in [5.74, 6) is 0.666. The summed E-state index contributed by atoms with van der Waals surface area (Å²) in [6, 6.07) is 7.88. The zero-order chi connectivity index (χ0) is 23.8. The van der Waals surface area contributed by atoms with E-state index in [9.17, 15) is 9.59 Å². The number of imidazole rings is 1. The molecular formula is C24H27BrN4O3S. The highest BCUT2D eigenvalue weighted by atomic mass is 79.9. The third-order valence-corrected chi connectivity index (χ3v) is 6.77. The normalized spacial score (nSPS) is 12.6. The number of aryl methyl sites for hydroxylation is 1. The average Bonchev–Trinajstić information content (AvgIpc) is 3.44. The number of benzene rings is 1. The first-order valence-electron chi connectivity index (χ1n) is 10.7. The van der Waals surface area contributed by atoms with Crippen LogP contribution in [0.1, 0.15) is 37.0 Å². The Morgan fingerprint density at radius 2 is 2.09 bits per heavy atom. The maximum absolute atomic E-state index is 13.1. The van der Waals surface area contributed by atoms with Gasteiger partial charge in [-0.2, -0.15) is 0 Å². The molecule has 33 heavy (non-hydrogen) atoms. The van der Waals surface area contributed by atoms with Crippen LogP contribution in [-0.4, -0.2) is 40.4 Å². The molecule has 7 nitrogen and oxygen atoms in total. The predicted molar refractivity (Wildman–Crippen MR) is 135 cm³/mol. The van der Waals surface area contributed by atoms with Crippen molar-refractivity contribution in [2.24, 2.45) is 5.41 Å². The highest BCUT2D eigenvalue weighted by Gasteiger charge is 2.30. The number of rotatable bonds is 6. The van der Waals surface area contributed by atoms with Gasteiger partial charge in [-0.15, -0.1) is 11.3 Å². The quantitative estimate of drug-likeness (QED) is 0.441. The number of fused-ring (bicyclic) bond motifs is 3. The van der Waals surface area contributed by atoms with Gasteiger partial charge in [0.25, 0.3) is 5.91 Å². The van der Waals surface area contributed by atoms with E-state index in [1.165, 1.54) is 0 Å². The molecule has 0 saturated carbocycles. The summed E-state index contributed by atoms with van der Waals surface area (Å²) in [7, 11) is 1.59. The number of aromatic nitrogens is 2. The number of nitrogens with one attached hydrogen (secondary N) is 2. The first-order valence-corrected chi connectivity index (χ1v) is 12.7. The summed E-state index contributed by atoms with van der Waals surface area (Å²) < 4.78 is 7.54. The largest absolute Gasteiger partial charge is 0.495 e. The molecule has 0 bridgehead atoms. The second-order valence-electron chi connectivity index (χ2n) is 9.15. The van der Waals surface area contributed by atoms with Crippen LogP contribution in [0.4, 0.5) is 5.69 Å². The highest BCUT2D eigenvalue weighted by Crippen LogP contribution is 2.43. The van der Waals surface area contributed by atoms with Crippen LogP contribution in [0.25, 0.3) is 21.8 Å². The van der Waals surface area contributed by atoms with E-state index in [1.807, 2.05) is 34.2 Å². The van der Waals surface area contributed by atoms with Crippen molar-refractivity contribution in [3.63, 3.8) is 0 Å². The van der Waals surface area contributed by atoms with E-state index in [4.69, 9.17) is 9.72 Å². The van der Waals surface area contributed by atoms with Gasteiger partial charge in [0.2, 0.25) is 5.91 Å². The number of hydrogen-bond acceptors (Lipinski definition) is 5. The number of alkyl halides is 1. The molecule has 174 valence electrons. The van der Waals surface area contributed by atoms with Crippen molar-refractivity contribution in [3.05, 3.63) is 41.0 Å². The van der Waals surface area contributed by atoms with Crippen molar-refractivity contribution < 1.29 is 14.3 Å². The lowest BCUT2D eigenvalue weighted by Crippen LogP contribution is -2.34. The maximum Gasteiger partial charge on any atom is 0.287 e. The van der Waals surface area contributed by atoms with Crippen LogP contribution >= 0.6 is 27.3 Å². The van der Waals surface area contributed by atoms with E-state index in [-0.39, 0.29) is 22.6 Å². The van der Waals surface area contributed by atoms with Gasteiger partial charge in [0.1, 0.15) is 11.4 Å². The monoisotopic (exact) mass is 530 g/mol. The van der Waals surface area contributed by atoms with E-state index >= 15 is 0 Å². The van der Waals surface area contributed by atoms with Crippen LogP contribution in [0.15, 0.2) is 29.6 Å². The van der Waals surface area contributed by atoms with E-state index in [2.05, 4.69) is 47.3 Å². The van der Waals surface area contributed by atoms with Crippen molar-refractivity contribution >= 4 is 44.8 Å². The third-order valence-electron chi connectivity index (χ3n) is 5.39. The van der Waals surface area contributed by atoms with Crippen LogP contribution in [0.2, 0.25) is 0 Å². The lowest BCUT2D eigenvalue weighted by molar-refractivity contribution is -0.113. The Balaban J connectivity index is 1.86. The van der Waals surface area contributed by atoms with Gasteiger partial charge in [-0.1, -0.05) is 42.8 Å². The molecule has 2 amide bonds. The van der Waals surface area contributed by atoms with Crippen LogP contribution in [0, 0.1) is 5.41 Å². The zero-order valence-corrected chi connectivity index (χ0v) is 21.5. The fourth-order valence-electron chi connectivity index (χ4n) is 3.86. The Labute approximate surface area is 205 Å². The molecule has 0 unspecified atom stereocenters. The number of hydrogen-bond donors (Lipinski definition) is 2. The number of halogens is 1. The van der Waals surface area contributed by atoms with Crippen LogP contribution in [0.3, 0.4) is 0 Å². The summed E-state index contributed by atoms with van der Waals surface area (Å²) in [4.78, 5) is 31.0. The molecule has 4 rings (SSSR count). The van der Waals surface area contributed by atoms with Crippen molar-refractivity contribution in [2.75, 3.05) is 24.3 Å². The van der Waals surface area contributed by atoms with Gasteiger partial charge in [-0.25, -0.2) is 4.98 Å². The molecular weight excluding hydrogens is 504 g/mol. The van der Waals surface area contributed by atoms with Gasteiger partial charge >= 0.3 is 0 Å². The summed E-state index contributed by atoms with van der Waals surface area (Å²) in [5, 5.41) is 8.11. The van der Waals surface area contributed by atoms with Crippen molar-refractivity contribution in [2.45, 2.75) is 33.7 Å². The Hall–Kier alpha value is -2.65. The molecule has 0 spiro atoms. The van der Waals surface area contributed by atoms with E-state index < -0.39 is 0 Å². The van der Waals surface area contributed by atoms with E-state index in [0.29, 0.717) is 30.4 Å². The van der Waals surface area contributed by atoms with Crippen molar-refractivity contribution in [1.29, 1.82) is 0 Å². The molecule has 9 heteroatoms. The van der Waals surface area contributed by atoms with Crippen LogP contribution < -0.4 is 15.4 Å². The molecule has 2 aromatic heterocycles. The molecule has 3 heterocycles. The topological polar surface area (TPSA) is 85.2 Å². The summed E-state index contributed by atoms with van der Waals surface area (Å²) in [6.45, 7) is 7.43. The molecule has 1 aromatic carbocycles. The van der Waals surface area contributed by atoms with Gasteiger partial charge in [-0.05, 0) is 41.0 Å².